The number of nitrogens with one attached hydrogen (secondary N) is 1. The molecular formula is C22H30N4O2. The van der Waals surface area contributed by atoms with Crippen LogP contribution in [0.25, 0.3) is 0 Å². The fraction of sp³-hybridized carbons (Fsp3) is 0.636. The lowest BCUT2D eigenvalue weighted by molar-refractivity contribution is -0.135. The van der Waals surface area contributed by atoms with Gasteiger partial charge in [0.05, 0.1) is 6.54 Å². The second kappa shape index (κ2) is 7.16. The van der Waals surface area contributed by atoms with E-state index < -0.39 is 0 Å². The first kappa shape index (κ1) is 18.1. The maximum atomic E-state index is 12.9. The first-order valence-electron chi connectivity index (χ1n) is 10.8. The van der Waals surface area contributed by atoms with Crippen molar-refractivity contribution in [2.75, 3.05) is 57.3 Å². The number of anilines is 1. The first-order chi connectivity index (χ1) is 13.7. The van der Waals surface area contributed by atoms with Crippen LogP contribution < -0.4 is 10.2 Å². The predicted molar refractivity (Wildman–Crippen MR) is 108 cm³/mol. The summed E-state index contributed by atoms with van der Waals surface area (Å²) >= 11 is 0. The summed E-state index contributed by atoms with van der Waals surface area (Å²) in [4.78, 5) is 31.9. The highest BCUT2D eigenvalue weighted by atomic mass is 16.2. The Balaban J connectivity index is 1.12. The van der Waals surface area contributed by atoms with E-state index in [1.165, 1.54) is 5.56 Å². The van der Waals surface area contributed by atoms with Gasteiger partial charge in [-0.25, -0.2) is 0 Å². The minimum atomic E-state index is 0.181. The molecule has 4 aliphatic rings. The van der Waals surface area contributed by atoms with Crippen molar-refractivity contribution < 1.29 is 9.59 Å². The van der Waals surface area contributed by atoms with Crippen molar-refractivity contribution in [3.05, 3.63) is 29.8 Å². The zero-order valence-electron chi connectivity index (χ0n) is 16.5. The lowest BCUT2D eigenvalue weighted by atomic mass is 9.91. The van der Waals surface area contributed by atoms with Crippen LogP contribution in [0.5, 0.6) is 0 Å². The largest absolute Gasteiger partial charge is 0.340 e. The van der Waals surface area contributed by atoms with Gasteiger partial charge in [-0.05, 0) is 55.8 Å². The van der Waals surface area contributed by atoms with Crippen LogP contribution in [-0.4, -0.2) is 74.0 Å². The number of benzene rings is 1. The van der Waals surface area contributed by atoms with Crippen LogP contribution >= 0.6 is 0 Å². The van der Waals surface area contributed by atoms with Crippen molar-refractivity contribution in [2.24, 2.45) is 11.3 Å². The van der Waals surface area contributed by atoms with Crippen LogP contribution in [0, 0.1) is 11.3 Å². The molecule has 5 rings (SSSR count). The van der Waals surface area contributed by atoms with Gasteiger partial charge in [0.1, 0.15) is 0 Å². The molecule has 1 N–H and O–H groups in total. The first-order valence-corrected chi connectivity index (χ1v) is 10.8. The van der Waals surface area contributed by atoms with Gasteiger partial charge in [-0.15, -0.1) is 0 Å². The maximum Gasteiger partial charge on any atom is 0.241 e. The number of hydrogen-bond acceptors (Lipinski definition) is 4. The summed E-state index contributed by atoms with van der Waals surface area (Å²) in [6, 6.07) is 8.20. The summed E-state index contributed by atoms with van der Waals surface area (Å²) < 4.78 is 0. The number of carbonyl (C=O) groups excluding carboxylic acids is 2. The van der Waals surface area contributed by atoms with Gasteiger partial charge >= 0.3 is 0 Å². The van der Waals surface area contributed by atoms with Crippen LogP contribution in [0.15, 0.2) is 24.3 Å². The van der Waals surface area contributed by atoms with E-state index in [2.05, 4.69) is 16.3 Å². The smallest absolute Gasteiger partial charge is 0.241 e. The van der Waals surface area contributed by atoms with Gasteiger partial charge in [-0.2, -0.15) is 0 Å². The average molecular weight is 383 g/mol. The van der Waals surface area contributed by atoms with Gasteiger partial charge < -0.3 is 15.1 Å². The van der Waals surface area contributed by atoms with Crippen molar-refractivity contribution in [1.29, 1.82) is 0 Å². The third-order valence-corrected chi connectivity index (χ3v) is 7.32. The van der Waals surface area contributed by atoms with Gasteiger partial charge in [0.2, 0.25) is 11.8 Å². The number of carbonyl (C=O) groups is 2. The Kier molecular flexibility index (Phi) is 4.63. The monoisotopic (exact) mass is 382 g/mol. The quantitative estimate of drug-likeness (QED) is 0.851. The van der Waals surface area contributed by atoms with Crippen molar-refractivity contribution in [2.45, 2.75) is 25.7 Å². The zero-order valence-corrected chi connectivity index (χ0v) is 16.5. The van der Waals surface area contributed by atoms with Gasteiger partial charge in [-0.1, -0.05) is 18.2 Å². The fourth-order valence-electron chi connectivity index (χ4n) is 5.39. The van der Waals surface area contributed by atoms with E-state index in [0.717, 1.165) is 77.2 Å². The van der Waals surface area contributed by atoms with Crippen molar-refractivity contribution in [1.82, 2.24) is 15.1 Å². The van der Waals surface area contributed by atoms with Crippen molar-refractivity contribution >= 4 is 17.5 Å². The van der Waals surface area contributed by atoms with Crippen LogP contribution in [0.3, 0.4) is 0 Å². The highest BCUT2D eigenvalue weighted by Gasteiger charge is 2.58. The average Bonchev–Trinajstić information content (AvgIpc) is 3.23. The van der Waals surface area contributed by atoms with E-state index in [9.17, 15) is 9.59 Å². The van der Waals surface area contributed by atoms with Crippen molar-refractivity contribution in [3.8, 4) is 0 Å². The highest BCUT2D eigenvalue weighted by molar-refractivity contribution is 5.96. The molecule has 1 saturated carbocycles. The second-order valence-corrected chi connectivity index (χ2v) is 8.89. The standard InChI is InChI=1S/C22H30N4O2/c27-20(26-10-5-17-3-1-2-4-19(17)26)16-24-11-13-25(14-12-24)21(28)18-15-22(18)6-8-23-9-7-22/h1-4,18,23H,5-16H2. The van der Waals surface area contributed by atoms with Crippen LogP contribution in [0.1, 0.15) is 24.8 Å². The van der Waals surface area contributed by atoms with Crippen LogP contribution in [0.2, 0.25) is 0 Å². The minimum Gasteiger partial charge on any atom is -0.340 e. The molecule has 1 aliphatic carbocycles. The Labute approximate surface area is 166 Å². The summed E-state index contributed by atoms with van der Waals surface area (Å²) in [5, 5.41) is 3.41. The topological polar surface area (TPSA) is 55.9 Å². The summed E-state index contributed by atoms with van der Waals surface area (Å²) in [7, 11) is 0. The molecule has 1 atom stereocenters. The van der Waals surface area contributed by atoms with Gasteiger partial charge in [-0.3, -0.25) is 14.5 Å². The Morgan fingerprint density at radius 2 is 1.79 bits per heavy atom. The number of para-hydroxylation sites is 1. The van der Waals surface area contributed by atoms with E-state index >= 15 is 0 Å². The number of piperidine rings is 1. The Morgan fingerprint density at radius 1 is 1.04 bits per heavy atom. The summed E-state index contributed by atoms with van der Waals surface area (Å²) in [6.45, 7) is 6.47. The summed E-state index contributed by atoms with van der Waals surface area (Å²) in [5.41, 5.74) is 2.64. The Morgan fingerprint density at radius 3 is 2.57 bits per heavy atom. The fourth-order valence-corrected chi connectivity index (χ4v) is 5.39. The molecule has 2 saturated heterocycles. The maximum absolute atomic E-state index is 12.9. The molecule has 6 heteroatoms. The summed E-state index contributed by atoms with van der Waals surface area (Å²) in [6.07, 6.45) is 4.33. The molecule has 3 fully saturated rings. The molecule has 0 radical (unpaired) electrons. The van der Waals surface area contributed by atoms with E-state index in [4.69, 9.17) is 0 Å². The molecule has 0 bridgehead atoms. The molecule has 150 valence electrons. The van der Waals surface area contributed by atoms with E-state index in [0.29, 0.717) is 17.9 Å². The molecule has 1 unspecified atom stereocenters. The molecule has 1 aromatic rings. The molecular weight excluding hydrogens is 352 g/mol. The lowest BCUT2D eigenvalue weighted by Crippen LogP contribution is -2.52. The van der Waals surface area contributed by atoms with Crippen LogP contribution in [-0.2, 0) is 16.0 Å². The van der Waals surface area contributed by atoms with E-state index in [1.807, 2.05) is 28.0 Å². The lowest BCUT2D eigenvalue weighted by Gasteiger charge is -2.36. The number of rotatable bonds is 3. The molecule has 0 aromatic heterocycles. The molecule has 1 spiro atoms. The number of nitrogens with zero attached hydrogens (tertiary/aromatic N) is 3. The number of hydrogen-bond donors (Lipinski definition) is 1. The van der Waals surface area contributed by atoms with Crippen LogP contribution in [0.4, 0.5) is 5.69 Å². The van der Waals surface area contributed by atoms with E-state index in [1.54, 1.807) is 0 Å². The molecule has 1 aromatic carbocycles. The second-order valence-electron chi connectivity index (χ2n) is 8.89. The van der Waals surface area contributed by atoms with Gasteiger partial charge in [0.25, 0.3) is 0 Å². The number of piperazine rings is 1. The normalized spacial score (nSPS) is 26.4. The minimum absolute atomic E-state index is 0.181. The van der Waals surface area contributed by atoms with Gasteiger partial charge in [0.15, 0.2) is 0 Å². The van der Waals surface area contributed by atoms with Crippen molar-refractivity contribution in [3.63, 3.8) is 0 Å². The predicted octanol–water partition coefficient (Wildman–Crippen LogP) is 1.11. The summed E-state index contributed by atoms with van der Waals surface area (Å²) in [5.74, 6) is 0.797. The van der Waals surface area contributed by atoms with Gasteiger partial charge in [0, 0.05) is 44.3 Å². The molecule has 6 nitrogen and oxygen atoms in total. The van der Waals surface area contributed by atoms with E-state index in [-0.39, 0.29) is 11.8 Å². The molecule has 3 aliphatic heterocycles. The Hall–Kier alpha value is -1.92. The molecule has 3 heterocycles. The SMILES string of the molecule is O=C(C1CC12CCNCC2)N1CCN(CC(=O)N2CCc3ccccc32)CC1. The number of amides is 2. The molecule has 2 amide bonds. The zero-order chi connectivity index (χ0) is 19.1. The third kappa shape index (κ3) is 3.22. The number of fused-ring (bicyclic) bond motifs is 1. The highest BCUT2D eigenvalue weighted by Crippen LogP contribution is 2.59. The molecule has 28 heavy (non-hydrogen) atoms. The Bertz CT molecular complexity index is 766. The third-order valence-electron chi connectivity index (χ3n) is 7.32.